The molecule has 1 fully saturated rings. The van der Waals surface area contributed by atoms with Gasteiger partial charge in [0.1, 0.15) is 6.73 Å². The van der Waals surface area contributed by atoms with Gasteiger partial charge in [-0.15, -0.1) is 0 Å². The SMILES string of the molecule is CBC(F)(F)CC1CC(=O)N(CO)C1. The van der Waals surface area contributed by atoms with Crippen molar-refractivity contribution in [2.24, 2.45) is 5.92 Å². The number of amides is 1. The lowest BCUT2D eigenvalue weighted by molar-refractivity contribution is -0.130. The number of aliphatic hydroxyl groups excluding tert-OH is 1. The van der Waals surface area contributed by atoms with Crippen LogP contribution in [0.4, 0.5) is 8.78 Å². The van der Waals surface area contributed by atoms with Gasteiger partial charge in [-0.3, -0.25) is 4.79 Å². The first-order chi connectivity index (χ1) is 6.48. The summed E-state index contributed by atoms with van der Waals surface area (Å²) in [5.74, 6) is -3.23. The number of likely N-dealkylation sites (tertiary alicyclic amines) is 1. The predicted octanol–water partition coefficient (Wildman–Crippen LogP) is 0.252. The maximum absolute atomic E-state index is 13.0. The number of carbonyl (C=O) groups excluding carboxylic acids is 1. The Bertz CT molecular complexity index is 225. The average molecular weight is 205 g/mol. The number of nitrogens with zero attached hydrogens (tertiary/aromatic N) is 1. The first-order valence-electron chi connectivity index (χ1n) is 4.75. The largest absolute Gasteiger partial charge is 0.376 e. The fourth-order valence-electron chi connectivity index (χ4n) is 1.69. The van der Waals surface area contributed by atoms with E-state index < -0.39 is 5.82 Å². The first kappa shape index (κ1) is 11.4. The molecular weight excluding hydrogens is 191 g/mol. The third-order valence-corrected chi connectivity index (χ3v) is 2.57. The van der Waals surface area contributed by atoms with Crippen LogP contribution in [-0.2, 0) is 4.79 Å². The van der Waals surface area contributed by atoms with Crippen molar-refractivity contribution in [2.75, 3.05) is 13.3 Å². The Morgan fingerprint density at radius 2 is 2.36 bits per heavy atom. The lowest BCUT2D eigenvalue weighted by Gasteiger charge is -2.18. The van der Waals surface area contributed by atoms with Gasteiger partial charge >= 0.3 is 0 Å². The quantitative estimate of drug-likeness (QED) is 0.668. The van der Waals surface area contributed by atoms with E-state index in [0.29, 0.717) is 0 Å². The van der Waals surface area contributed by atoms with Crippen molar-refractivity contribution in [3.63, 3.8) is 0 Å². The van der Waals surface area contributed by atoms with Crippen LogP contribution in [0.1, 0.15) is 12.8 Å². The van der Waals surface area contributed by atoms with E-state index in [1.165, 1.54) is 11.7 Å². The molecule has 1 aliphatic heterocycles. The Labute approximate surface area is 82.3 Å². The maximum Gasteiger partial charge on any atom is 0.224 e. The molecular formula is C8H14BF2NO2. The number of rotatable bonds is 4. The summed E-state index contributed by atoms with van der Waals surface area (Å²) in [7, 11) is -0.198. The highest BCUT2D eigenvalue weighted by Gasteiger charge is 2.37. The van der Waals surface area contributed by atoms with Crippen LogP contribution in [0, 0.1) is 5.92 Å². The Hall–Kier alpha value is -0.645. The van der Waals surface area contributed by atoms with Crippen molar-refractivity contribution < 1.29 is 18.7 Å². The van der Waals surface area contributed by atoms with Crippen molar-refractivity contribution in [1.29, 1.82) is 0 Å². The van der Waals surface area contributed by atoms with E-state index in [4.69, 9.17) is 5.11 Å². The van der Waals surface area contributed by atoms with Crippen LogP contribution >= 0.6 is 0 Å². The maximum atomic E-state index is 13.0. The van der Waals surface area contributed by atoms with Gasteiger partial charge in [0.05, 0.1) is 0 Å². The number of halogens is 2. The topological polar surface area (TPSA) is 40.5 Å². The van der Waals surface area contributed by atoms with Crippen LogP contribution in [-0.4, -0.2) is 42.3 Å². The summed E-state index contributed by atoms with van der Waals surface area (Å²) in [4.78, 5) is 12.3. The lowest BCUT2D eigenvalue weighted by atomic mass is 9.70. The summed E-state index contributed by atoms with van der Waals surface area (Å²) in [5, 5.41) is 8.73. The fraction of sp³-hybridized carbons (Fsp3) is 0.875. The molecule has 80 valence electrons. The van der Waals surface area contributed by atoms with Gasteiger partial charge in [0.2, 0.25) is 19.0 Å². The van der Waals surface area contributed by atoms with E-state index in [1.54, 1.807) is 0 Å². The zero-order valence-corrected chi connectivity index (χ0v) is 8.17. The highest BCUT2D eigenvalue weighted by atomic mass is 19.3. The number of aliphatic hydroxyl groups is 1. The van der Waals surface area contributed by atoms with Gasteiger partial charge < -0.3 is 10.0 Å². The van der Waals surface area contributed by atoms with E-state index in [0.717, 1.165) is 0 Å². The van der Waals surface area contributed by atoms with Crippen molar-refractivity contribution in [2.45, 2.75) is 25.5 Å². The molecule has 0 bridgehead atoms. The summed E-state index contributed by atoms with van der Waals surface area (Å²) in [5.41, 5.74) is 0. The molecule has 0 aromatic carbocycles. The van der Waals surface area contributed by atoms with Crippen LogP contribution in [0.5, 0.6) is 0 Å². The number of carbonyl (C=O) groups is 1. The second-order valence-corrected chi connectivity index (χ2v) is 3.74. The van der Waals surface area contributed by atoms with Crippen LogP contribution in [0.3, 0.4) is 0 Å². The molecule has 1 amide bonds. The third-order valence-electron chi connectivity index (χ3n) is 2.57. The Morgan fingerprint density at radius 1 is 1.71 bits per heavy atom. The van der Waals surface area contributed by atoms with Crippen molar-refractivity contribution in [3.05, 3.63) is 0 Å². The fourth-order valence-corrected chi connectivity index (χ4v) is 1.69. The van der Waals surface area contributed by atoms with Gasteiger partial charge in [-0.2, -0.15) is 0 Å². The number of hydrogen-bond acceptors (Lipinski definition) is 2. The number of alkyl halides is 2. The van der Waals surface area contributed by atoms with Gasteiger partial charge in [-0.1, -0.05) is 6.82 Å². The monoisotopic (exact) mass is 205 g/mol. The molecule has 1 N–H and O–H groups in total. The second-order valence-electron chi connectivity index (χ2n) is 3.74. The minimum absolute atomic E-state index is 0.135. The van der Waals surface area contributed by atoms with Gasteiger partial charge in [0.15, 0.2) is 0 Å². The van der Waals surface area contributed by atoms with Gasteiger partial charge in [-0.05, 0) is 5.92 Å². The second kappa shape index (κ2) is 4.25. The summed E-state index contributed by atoms with van der Waals surface area (Å²) >= 11 is 0. The van der Waals surface area contributed by atoms with E-state index in [9.17, 15) is 13.6 Å². The van der Waals surface area contributed by atoms with Gasteiger partial charge in [0.25, 0.3) is 0 Å². The molecule has 0 radical (unpaired) electrons. The van der Waals surface area contributed by atoms with Crippen LogP contribution in [0.15, 0.2) is 0 Å². The van der Waals surface area contributed by atoms with E-state index in [1.807, 2.05) is 0 Å². The predicted molar refractivity (Wildman–Crippen MR) is 49.5 cm³/mol. The molecule has 0 aliphatic carbocycles. The molecule has 1 heterocycles. The van der Waals surface area contributed by atoms with Crippen molar-refractivity contribution in [3.8, 4) is 0 Å². The van der Waals surface area contributed by atoms with E-state index >= 15 is 0 Å². The first-order valence-corrected chi connectivity index (χ1v) is 4.75. The molecule has 0 aromatic rings. The lowest BCUT2D eigenvalue weighted by Crippen LogP contribution is -2.29. The summed E-state index contributed by atoms with van der Waals surface area (Å²) < 4.78 is 25.9. The zero-order valence-electron chi connectivity index (χ0n) is 8.17. The van der Waals surface area contributed by atoms with E-state index in [-0.39, 0.29) is 45.2 Å². The molecule has 6 heteroatoms. The highest BCUT2D eigenvalue weighted by molar-refractivity contribution is 6.36. The Morgan fingerprint density at radius 3 is 2.79 bits per heavy atom. The molecule has 0 saturated carbocycles. The smallest absolute Gasteiger partial charge is 0.224 e. The molecule has 0 aromatic heterocycles. The molecule has 1 atom stereocenters. The molecule has 1 saturated heterocycles. The van der Waals surface area contributed by atoms with Crippen molar-refractivity contribution in [1.82, 2.24) is 4.90 Å². The zero-order chi connectivity index (χ0) is 10.8. The molecule has 1 unspecified atom stereocenters. The summed E-state index contributed by atoms with van der Waals surface area (Å²) in [6, 6.07) is 0. The standard InChI is InChI=1S/C8H14BF2NO2/c1-9-8(10,11)3-6-2-7(14)12(4-6)5-13/h6,9,13H,2-5H2,1H3. The molecule has 3 nitrogen and oxygen atoms in total. The molecule has 1 aliphatic rings. The Balaban J connectivity index is 2.46. The minimum Gasteiger partial charge on any atom is -0.376 e. The Kier molecular flexibility index (Phi) is 3.47. The third kappa shape index (κ3) is 2.67. The van der Waals surface area contributed by atoms with Crippen LogP contribution in [0.2, 0.25) is 6.82 Å². The van der Waals surface area contributed by atoms with Crippen LogP contribution < -0.4 is 0 Å². The summed E-state index contributed by atoms with van der Waals surface area (Å²) in [6.45, 7) is 1.32. The molecule has 14 heavy (non-hydrogen) atoms. The van der Waals surface area contributed by atoms with Gasteiger partial charge in [0, 0.05) is 19.4 Å². The molecule has 0 spiro atoms. The average Bonchev–Trinajstić information content (AvgIpc) is 2.45. The number of hydrogen-bond donors (Lipinski definition) is 1. The highest BCUT2D eigenvalue weighted by Crippen LogP contribution is 2.29. The normalized spacial score (nSPS) is 23.0. The molecule has 1 rings (SSSR count). The van der Waals surface area contributed by atoms with Crippen LogP contribution in [0.25, 0.3) is 0 Å². The van der Waals surface area contributed by atoms with Crippen molar-refractivity contribution >= 4 is 13.2 Å². The summed E-state index contributed by atoms with van der Waals surface area (Å²) in [6.07, 6.45) is -0.123. The van der Waals surface area contributed by atoms with Gasteiger partial charge in [-0.25, -0.2) is 8.78 Å². The minimum atomic E-state index is -2.68. The van der Waals surface area contributed by atoms with E-state index in [2.05, 4.69) is 0 Å².